The maximum absolute atomic E-state index is 14.9. The number of nitrogens with one attached hydrogen (secondary N) is 2. The van der Waals surface area contributed by atoms with E-state index in [1.165, 1.54) is 18.6 Å². The molecule has 9 nitrogen and oxygen atoms in total. The summed E-state index contributed by atoms with van der Waals surface area (Å²) in [5.74, 6) is 0.660. The number of aromatic amines is 1. The molecular formula is C22H24FN7O2. The SMILES string of the molecule is Cc1cc(-c2nc[nH]n2)c(F)cc1-c1cnc2c(n1)N(CC1CCCCC1O)CC(=O)N2. The summed E-state index contributed by atoms with van der Waals surface area (Å²) in [5.41, 5.74) is 2.21. The molecule has 2 atom stereocenters. The molecule has 3 N–H and O–H groups in total. The van der Waals surface area contributed by atoms with Gasteiger partial charge in [0, 0.05) is 18.0 Å². The number of halogens is 1. The first-order valence-electron chi connectivity index (χ1n) is 10.8. The van der Waals surface area contributed by atoms with E-state index in [1.807, 2.05) is 11.8 Å². The van der Waals surface area contributed by atoms with Crippen molar-refractivity contribution < 1.29 is 14.3 Å². The fourth-order valence-electron chi connectivity index (χ4n) is 4.54. The molecule has 1 aliphatic heterocycles. The Balaban J connectivity index is 1.50. The number of carbonyl (C=O) groups is 1. The second-order valence-electron chi connectivity index (χ2n) is 8.44. The van der Waals surface area contributed by atoms with Crippen LogP contribution >= 0.6 is 0 Å². The maximum atomic E-state index is 14.9. The molecule has 1 fully saturated rings. The summed E-state index contributed by atoms with van der Waals surface area (Å²) in [6.45, 7) is 2.53. The van der Waals surface area contributed by atoms with Crippen LogP contribution in [-0.2, 0) is 4.79 Å². The second kappa shape index (κ2) is 8.27. The topological polar surface area (TPSA) is 120 Å². The van der Waals surface area contributed by atoms with E-state index in [4.69, 9.17) is 4.98 Å². The summed E-state index contributed by atoms with van der Waals surface area (Å²) in [5, 5.41) is 19.7. The molecule has 0 bridgehead atoms. The van der Waals surface area contributed by atoms with Gasteiger partial charge in [-0.3, -0.25) is 9.89 Å². The molecule has 3 aromatic rings. The normalized spacial score (nSPS) is 20.7. The fourth-order valence-corrected chi connectivity index (χ4v) is 4.54. The van der Waals surface area contributed by atoms with Gasteiger partial charge in [0.2, 0.25) is 5.91 Å². The molecule has 2 unspecified atom stereocenters. The molecule has 5 rings (SSSR count). The third-order valence-electron chi connectivity index (χ3n) is 6.22. The van der Waals surface area contributed by atoms with Crippen molar-refractivity contribution in [1.29, 1.82) is 0 Å². The maximum Gasteiger partial charge on any atom is 0.245 e. The largest absolute Gasteiger partial charge is 0.393 e. The molecule has 0 radical (unpaired) electrons. The number of fused-ring (bicyclic) bond motifs is 1. The molecule has 1 aromatic carbocycles. The Morgan fingerprint density at radius 2 is 2.06 bits per heavy atom. The first-order valence-corrected chi connectivity index (χ1v) is 10.8. The van der Waals surface area contributed by atoms with Gasteiger partial charge in [0.15, 0.2) is 17.5 Å². The Kier molecular flexibility index (Phi) is 5.30. The molecule has 32 heavy (non-hydrogen) atoms. The monoisotopic (exact) mass is 437 g/mol. The summed E-state index contributed by atoms with van der Waals surface area (Å²) >= 11 is 0. The van der Waals surface area contributed by atoms with Gasteiger partial charge in [-0.15, -0.1) is 0 Å². The molecule has 1 aliphatic carbocycles. The van der Waals surface area contributed by atoms with E-state index >= 15 is 0 Å². The smallest absolute Gasteiger partial charge is 0.245 e. The van der Waals surface area contributed by atoms with Crippen LogP contribution in [0.4, 0.5) is 16.0 Å². The Hall–Kier alpha value is -3.40. The number of aromatic nitrogens is 5. The van der Waals surface area contributed by atoms with Crippen LogP contribution in [0.25, 0.3) is 22.6 Å². The Bertz CT molecular complexity index is 1150. The van der Waals surface area contributed by atoms with Crippen molar-refractivity contribution in [2.45, 2.75) is 38.7 Å². The number of aliphatic hydroxyl groups excluding tert-OH is 1. The van der Waals surface area contributed by atoms with Gasteiger partial charge >= 0.3 is 0 Å². The van der Waals surface area contributed by atoms with Crippen LogP contribution in [0.15, 0.2) is 24.7 Å². The summed E-state index contributed by atoms with van der Waals surface area (Å²) < 4.78 is 14.9. The number of aliphatic hydroxyl groups is 1. The summed E-state index contributed by atoms with van der Waals surface area (Å²) in [6.07, 6.45) is 6.33. The number of hydrogen-bond acceptors (Lipinski definition) is 7. The Labute approximate surface area is 184 Å². The highest BCUT2D eigenvalue weighted by Crippen LogP contribution is 2.34. The fraction of sp³-hybridized carbons (Fsp3) is 0.409. The van der Waals surface area contributed by atoms with Crippen LogP contribution < -0.4 is 10.2 Å². The number of hydrogen-bond donors (Lipinski definition) is 3. The average Bonchev–Trinajstić information content (AvgIpc) is 3.31. The number of H-pyrrole nitrogens is 1. The van der Waals surface area contributed by atoms with Gasteiger partial charge in [-0.25, -0.2) is 19.3 Å². The number of aryl methyl sites for hydroxylation is 1. The molecule has 10 heteroatoms. The van der Waals surface area contributed by atoms with Crippen LogP contribution in [0.5, 0.6) is 0 Å². The van der Waals surface area contributed by atoms with Gasteiger partial charge in [-0.2, -0.15) is 5.10 Å². The molecule has 1 amide bonds. The lowest BCUT2D eigenvalue weighted by Gasteiger charge is -2.35. The molecule has 0 spiro atoms. The number of rotatable bonds is 4. The Morgan fingerprint density at radius 1 is 1.22 bits per heavy atom. The third kappa shape index (κ3) is 3.81. The quantitative estimate of drug-likeness (QED) is 0.574. The van der Waals surface area contributed by atoms with Gasteiger partial charge in [0.1, 0.15) is 12.1 Å². The summed E-state index contributed by atoms with van der Waals surface area (Å²) in [6, 6.07) is 3.10. The van der Waals surface area contributed by atoms with Gasteiger partial charge < -0.3 is 15.3 Å². The predicted octanol–water partition coefficient (Wildman–Crippen LogP) is 2.69. The van der Waals surface area contributed by atoms with E-state index < -0.39 is 5.82 Å². The lowest BCUT2D eigenvalue weighted by atomic mass is 9.86. The van der Waals surface area contributed by atoms with Gasteiger partial charge in [0.05, 0.1) is 30.1 Å². The summed E-state index contributed by atoms with van der Waals surface area (Å²) in [7, 11) is 0. The average molecular weight is 437 g/mol. The lowest BCUT2D eigenvalue weighted by molar-refractivity contribution is -0.115. The van der Waals surface area contributed by atoms with Crippen molar-refractivity contribution in [3.05, 3.63) is 36.0 Å². The molecule has 2 aromatic heterocycles. The van der Waals surface area contributed by atoms with Crippen molar-refractivity contribution in [2.24, 2.45) is 5.92 Å². The molecule has 2 aliphatic rings. The van der Waals surface area contributed by atoms with Gasteiger partial charge in [-0.1, -0.05) is 12.8 Å². The van der Waals surface area contributed by atoms with Crippen molar-refractivity contribution in [3.63, 3.8) is 0 Å². The minimum Gasteiger partial charge on any atom is -0.393 e. The van der Waals surface area contributed by atoms with Crippen molar-refractivity contribution in [3.8, 4) is 22.6 Å². The van der Waals surface area contributed by atoms with Crippen LogP contribution in [0.3, 0.4) is 0 Å². The van der Waals surface area contributed by atoms with E-state index in [2.05, 4.69) is 25.5 Å². The Morgan fingerprint density at radius 3 is 2.84 bits per heavy atom. The standard InChI is InChI=1S/C22H24FN7O2/c1-12-6-15(20-25-11-26-29-20)16(23)7-14(12)17-8-24-21-22(27-17)30(10-19(32)28-21)9-13-4-2-3-5-18(13)31/h6-8,11,13,18,31H,2-5,9-10H2,1H3,(H,24,28,32)(H,25,26,29). The molecule has 1 saturated carbocycles. The van der Waals surface area contributed by atoms with Crippen LogP contribution in [0.1, 0.15) is 31.2 Å². The van der Waals surface area contributed by atoms with E-state index in [0.29, 0.717) is 35.0 Å². The summed E-state index contributed by atoms with van der Waals surface area (Å²) in [4.78, 5) is 27.3. The van der Waals surface area contributed by atoms with Gasteiger partial charge in [-0.05, 0) is 37.5 Å². The number of amides is 1. The zero-order chi connectivity index (χ0) is 22.2. The lowest BCUT2D eigenvalue weighted by Crippen LogP contribution is -2.44. The van der Waals surface area contributed by atoms with Crippen molar-refractivity contribution >= 4 is 17.5 Å². The zero-order valence-corrected chi connectivity index (χ0v) is 17.7. The first-order chi connectivity index (χ1) is 15.5. The zero-order valence-electron chi connectivity index (χ0n) is 17.7. The third-order valence-corrected chi connectivity index (χ3v) is 6.22. The van der Waals surface area contributed by atoms with E-state index in [0.717, 1.165) is 31.2 Å². The predicted molar refractivity (Wildman–Crippen MR) is 116 cm³/mol. The van der Waals surface area contributed by atoms with Crippen molar-refractivity contribution in [2.75, 3.05) is 23.3 Å². The number of nitrogens with zero attached hydrogens (tertiary/aromatic N) is 5. The van der Waals surface area contributed by atoms with Crippen LogP contribution in [0.2, 0.25) is 0 Å². The number of benzene rings is 1. The molecule has 3 heterocycles. The van der Waals surface area contributed by atoms with E-state index in [9.17, 15) is 14.3 Å². The number of anilines is 2. The second-order valence-corrected chi connectivity index (χ2v) is 8.44. The van der Waals surface area contributed by atoms with Crippen LogP contribution in [0, 0.1) is 18.7 Å². The van der Waals surface area contributed by atoms with E-state index in [1.54, 1.807) is 6.07 Å². The minimum absolute atomic E-state index is 0.0766. The van der Waals surface area contributed by atoms with Crippen molar-refractivity contribution in [1.82, 2.24) is 25.1 Å². The highest BCUT2D eigenvalue weighted by Gasteiger charge is 2.31. The molecular weight excluding hydrogens is 413 g/mol. The van der Waals surface area contributed by atoms with Crippen LogP contribution in [-0.4, -0.2) is 55.4 Å². The number of carbonyl (C=O) groups excluding carboxylic acids is 1. The van der Waals surface area contributed by atoms with E-state index in [-0.39, 0.29) is 30.3 Å². The minimum atomic E-state index is -0.458. The first kappa shape index (κ1) is 20.5. The molecule has 166 valence electrons. The highest BCUT2D eigenvalue weighted by molar-refractivity contribution is 5.99. The molecule has 0 saturated heterocycles. The van der Waals surface area contributed by atoms with Gasteiger partial charge in [0.25, 0.3) is 0 Å². The highest BCUT2D eigenvalue weighted by atomic mass is 19.1.